The second-order valence-electron chi connectivity index (χ2n) is 3.60. The lowest BCUT2D eigenvalue weighted by atomic mass is 10.2. The fraction of sp³-hybridized carbons (Fsp3) is 0.400. The smallest absolute Gasteiger partial charge is 0.237 e. The lowest BCUT2D eigenvalue weighted by Gasteiger charge is -2.12. The second kappa shape index (κ2) is 4.80. The Morgan fingerprint density at radius 3 is 2.62 bits per heavy atom. The third-order valence-corrected chi connectivity index (χ3v) is 3.95. The maximum absolute atomic E-state index is 13.2. The molecule has 0 radical (unpaired) electrons. The van der Waals surface area contributed by atoms with Crippen molar-refractivity contribution in [3.63, 3.8) is 0 Å². The molecule has 0 heterocycles. The number of benzene rings is 1. The molecule has 16 heavy (non-hydrogen) atoms. The minimum Gasteiger partial charge on any atom is -0.395 e. The predicted molar refractivity (Wildman–Crippen MR) is 60.2 cm³/mol. The second-order valence-corrected chi connectivity index (χ2v) is 5.70. The Labute approximate surface area is 94.2 Å². The van der Waals surface area contributed by atoms with Gasteiger partial charge in [0.05, 0.1) is 12.3 Å². The van der Waals surface area contributed by atoms with Gasteiger partial charge < -0.3 is 5.11 Å². The van der Waals surface area contributed by atoms with Crippen LogP contribution in [0.1, 0.15) is 12.5 Å². The molecule has 0 aromatic heterocycles. The summed E-state index contributed by atoms with van der Waals surface area (Å²) in [6.07, 6.45) is 0. The monoisotopic (exact) mass is 247 g/mol. The molecule has 2 N–H and O–H groups in total. The molecular weight excluding hydrogens is 233 g/mol. The topological polar surface area (TPSA) is 66.4 Å². The standard InChI is InChI=1S/C10H14FNO3S/c1-7-3-4-9(5-10(7)11)12-16(14,15)8(2)6-13/h3-5,8,12-13H,6H2,1-2H3. The van der Waals surface area contributed by atoms with Gasteiger partial charge >= 0.3 is 0 Å². The van der Waals surface area contributed by atoms with E-state index in [4.69, 9.17) is 5.11 Å². The number of rotatable bonds is 4. The highest BCUT2D eigenvalue weighted by atomic mass is 32.2. The number of aliphatic hydroxyl groups excluding tert-OH is 1. The van der Waals surface area contributed by atoms with E-state index in [2.05, 4.69) is 4.72 Å². The summed E-state index contributed by atoms with van der Waals surface area (Å²) < 4.78 is 38.4. The minimum atomic E-state index is -3.66. The third-order valence-electron chi connectivity index (χ3n) is 2.22. The molecular formula is C10H14FNO3S. The van der Waals surface area contributed by atoms with E-state index in [9.17, 15) is 12.8 Å². The molecule has 90 valence electrons. The molecule has 1 aromatic carbocycles. The molecule has 0 fully saturated rings. The number of halogens is 1. The van der Waals surface area contributed by atoms with E-state index in [1.807, 2.05) is 0 Å². The zero-order chi connectivity index (χ0) is 12.3. The van der Waals surface area contributed by atoms with Crippen LogP contribution in [0, 0.1) is 12.7 Å². The fourth-order valence-electron chi connectivity index (χ4n) is 1.02. The highest BCUT2D eigenvalue weighted by Gasteiger charge is 2.19. The van der Waals surface area contributed by atoms with E-state index in [0.29, 0.717) is 5.56 Å². The van der Waals surface area contributed by atoms with Crippen LogP contribution in [0.2, 0.25) is 0 Å². The van der Waals surface area contributed by atoms with Gasteiger partial charge in [-0.1, -0.05) is 6.07 Å². The molecule has 0 saturated carbocycles. The Kier molecular flexibility index (Phi) is 3.88. The van der Waals surface area contributed by atoms with Gasteiger partial charge in [0.1, 0.15) is 11.1 Å². The summed E-state index contributed by atoms with van der Waals surface area (Å²) in [7, 11) is -3.66. The summed E-state index contributed by atoms with van der Waals surface area (Å²) >= 11 is 0. The molecule has 0 spiro atoms. The lowest BCUT2D eigenvalue weighted by Crippen LogP contribution is -2.28. The van der Waals surface area contributed by atoms with Crippen LogP contribution in [-0.2, 0) is 10.0 Å². The number of anilines is 1. The number of aryl methyl sites for hydroxylation is 1. The first-order valence-electron chi connectivity index (χ1n) is 4.75. The van der Waals surface area contributed by atoms with Gasteiger partial charge in [-0.05, 0) is 31.5 Å². The van der Waals surface area contributed by atoms with E-state index >= 15 is 0 Å². The third kappa shape index (κ3) is 2.93. The van der Waals surface area contributed by atoms with Crippen molar-refractivity contribution in [3.8, 4) is 0 Å². The molecule has 0 bridgehead atoms. The quantitative estimate of drug-likeness (QED) is 0.841. The summed E-state index contributed by atoms with van der Waals surface area (Å²) in [5.41, 5.74) is 0.599. The Balaban J connectivity index is 2.93. The molecule has 0 saturated heterocycles. The average molecular weight is 247 g/mol. The van der Waals surface area contributed by atoms with Crippen molar-refractivity contribution >= 4 is 15.7 Å². The molecule has 0 aliphatic carbocycles. The van der Waals surface area contributed by atoms with Crippen molar-refractivity contribution in [1.82, 2.24) is 0 Å². The summed E-state index contributed by atoms with van der Waals surface area (Å²) in [5.74, 6) is -0.475. The van der Waals surface area contributed by atoms with Crippen LogP contribution in [0.4, 0.5) is 10.1 Å². The molecule has 1 rings (SSSR count). The number of sulfonamides is 1. The van der Waals surface area contributed by atoms with Crippen molar-refractivity contribution < 1.29 is 17.9 Å². The van der Waals surface area contributed by atoms with Crippen molar-refractivity contribution in [2.75, 3.05) is 11.3 Å². The predicted octanol–water partition coefficient (Wildman–Crippen LogP) is 1.26. The molecule has 0 aliphatic rings. The van der Waals surface area contributed by atoms with Gasteiger partial charge in [0.25, 0.3) is 0 Å². The zero-order valence-electron chi connectivity index (χ0n) is 9.07. The first-order chi connectivity index (χ1) is 7.36. The van der Waals surface area contributed by atoms with E-state index in [0.717, 1.165) is 6.07 Å². The number of aliphatic hydroxyl groups is 1. The molecule has 0 amide bonds. The maximum Gasteiger partial charge on any atom is 0.237 e. The minimum absolute atomic E-state index is 0.156. The molecule has 1 aromatic rings. The van der Waals surface area contributed by atoms with Gasteiger partial charge in [0, 0.05) is 0 Å². The van der Waals surface area contributed by atoms with Crippen LogP contribution in [-0.4, -0.2) is 25.4 Å². The first-order valence-corrected chi connectivity index (χ1v) is 6.30. The first kappa shape index (κ1) is 12.9. The highest BCUT2D eigenvalue weighted by molar-refractivity contribution is 7.93. The van der Waals surface area contributed by atoms with Crippen molar-refractivity contribution in [1.29, 1.82) is 0 Å². The Bertz CT molecular complexity index is 473. The largest absolute Gasteiger partial charge is 0.395 e. The van der Waals surface area contributed by atoms with E-state index in [-0.39, 0.29) is 5.69 Å². The molecule has 1 unspecified atom stereocenters. The van der Waals surface area contributed by atoms with Crippen LogP contribution in [0.3, 0.4) is 0 Å². The van der Waals surface area contributed by atoms with Gasteiger partial charge in [0.15, 0.2) is 0 Å². The summed E-state index contributed by atoms with van der Waals surface area (Å²) in [4.78, 5) is 0. The molecule has 6 heteroatoms. The SMILES string of the molecule is Cc1ccc(NS(=O)(=O)C(C)CO)cc1F. The van der Waals surface area contributed by atoms with E-state index < -0.39 is 27.7 Å². The summed E-state index contributed by atoms with van der Waals surface area (Å²) in [6, 6.07) is 4.06. The summed E-state index contributed by atoms with van der Waals surface area (Å²) in [5, 5.41) is 7.82. The van der Waals surface area contributed by atoms with Gasteiger partial charge in [-0.2, -0.15) is 0 Å². The van der Waals surface area contributed by atoms with Gasteiger partial charge in [0.2, 0.25) is 10.0 Å². The van der Waals surface area contributed by atoms with Crippen molar-refractivity contribution in [2.45, 2.75) is 19.1 Å². The molecule has 1 atom stereocenters. The Hall–Kier alpha value is -1.14. The van der Waals surface area contributed by atoms with Crippen LogP contribution in [0.15, 0.2) is 18.2 Å². The molecule has 0 aliphatic heterocycles. The van der Waals surface area contributed by atoms with E-state index in [1.165, 1.54) is 19.1 Å². The van der Waals surface area contributed by atoms with Crippen LogP contribution in [0.25, 0.3) is 0 Å². The van der Waals surface area contributed by atoms with Gasteiger partial charge in [-0.25, -0.2) is 12.8 Å². The zero-order valence-corrected chi connectivity index (χ0v) is 9.88. The number of hydrogen-bond acceptors (Lipinski definition) is 3. The van der Waals surface area contributed by atoms with Crippen molar-refractivity contribution in [2.24, 2.45) is 0 Å². The fourth-order valence-corrected chi connectivity index (χ4v) is 1.87. The lowest BCUT2D eigenvalue weighted by molar-refractivity contribution is 0.296. The average Bonchev–Trinajstić information content (AvgIpc) is 2.22. The highest BCUT2D eigenvalue weighted by Crippen LogP contribution is 2.16. The van der Waals surface area contributed by atoms with Gasteiger partial charge in [-0.15, -0.1) is 0 Å². The molecule has 4 nitrogen and oxygen atoms in total. The van der Waals surface area contributed by atoms with E-state index in [1.54, 1.807) is 6.92 Å². The summed E-state index contributed by atoms with van der Waals surface area (Å²) in [6.45, 7) is 2.47. The number of nitrogens with one attached hydrogen (secondary N) is 1. The Morgan fingerprint density at radius 1 is 1.50 bits per heavy atom. The van der Waals surface area contributed by atoms with Crippen LogP contribution in [0.5, 0.6) is 0 Å². The Morgan fingerprint density at radius 2 is 2.12 bits per heavy atom. The van der Waals surface area contributed by atoms with Crippen LogP contribution >= 0.6 is 0 Å². The maximum atomic E-state index is 13.2. The normalized spacial score (nSPS) is 13.5. The van der Waals surface area contributed by atoms with Crippen molar-refractivity contribution in [3.05, 3.63) is 29.6 Å². The number of hydrogen-bond donors (Lipinski definition) is 2. The van der Waals surface area contributed by atoms with Crippen LogP contribution < -0.4 is 4.72 Å². The van der Waals surface area contributed by atoms with Gasteiger partial charge in [-0.3, -0.25) is 4.72 Å².